The molecule has 0 radical (unpaired) electrons. The number of benzene rings is 5. The van der Waals surface area contributed by atoms with Gasteiger partial charge in [-0.1, -0.05) is 43.2 Å². The molecule has 2 aromatic heterocycles. The van der Waals surface area contributed by atoms with E-state index < -0.39 is 21.8 Å². The fourth-order valence-electron chi connectivity index (χ4n) is 8.24. The summed E-state index contributed by atoms with van der Waals surface area (Å²) in [5.74, 6) is -0.572. The van der Waals surface area contributed by atoms with Crippen LogP contribution in [0.2, 0.25) is 0 Å². The number of nitrogens with one attached hydrogen (secondary N) is 3. The number of H-pyrrole nitrogens is 1. The Morgan fingerprint density at radius 2 is 1.61 bits per heavy atom. The Morgan fingerprint density at radius 3 is 2.38 bits per heavy atom. The standard InChI is InChI=1S/C53H58N6O9S/c1-34-28-41(31-44-49(34)56-32-45(52(54)63)50(44)57-37-14-11-15-39(30-37)67-3)69(65,66)40-16-10-13-36(29-40)53(64)59(2)38-19-17-35(18-20-38)12-6-9-27-68-26-8-5-4-7-25-55-33-47(61)42-21-23-46(60)51-43(42)22-24-48(62)58-51/h10-11,13-24,28-32,47,55,60-61H,4-9,12,25-27,33H2,1-3H3,(H2,54,63)(H,56,57)(H,58,62)/t47-/m0/s1. The fraction of sp³-hybridized carbons (Fsp3) is 0.283. The Kier molecular flexibility index (Phi) is 16.4. The molecule has 0 saturated carbocycles. The first kappa shape index (κ1) is 49.8. The van der Waals surface area contributed by atoms with Crippen molar-refractivity contribution in [2.45, 2.75) is 67.8 Å². The largest absolute Gasteiger partial charge is 0.506 e. The number of aliphatic hydroxyl groups excluding tert-OH is 1. The third-order valence-corrected chi connectivity index (χ3v) is 13.8. The number of aromatic hydroxyl groups is 1. The highest BCUT2D eigenvalue weighted by atomic mass is 32.2. The average molecular weight is 955 g/mol. The summed E-state index contributed by atoms with van der Waals surface area (Å²) in [6.45, 7) is 4.25. The maximum absolute atomic E-state index is 14.3. The summed E-state index contributed by atoms with van der Waals surface area (Å²) in [5, 5.41) is 28.3. The lowest BCUT2D eigenvalue weighted by Gasteiger charge is -2.19. The van der Waals surface area contributed by atoms with Gasteiger partial charge in [-0.05, 0) is 129 Å². The zero-order valence-corrected chi connectivity index (χ0v) is 39.8. The lowest BCUT2D eigenvalue weighted by Crippen LogP contribution is -2.26. The molecule has 0 fully saturated rings. The van der Waals surface area contributed by atoms with Gasteiger partial charge in [0.25, 0.3) is 11.8 Å². The second-order valence-corrected chi connectivity index (χ2v) is 18.9. The summed E-state index contributed by atoms with van der Waals surface area (Å²) in [4.78, 5) is 46.5. The molecule has 7 N–H and O–H groups in total. The summed E-state index contributed by atoms with van der Waals surface area (Å²) in [7, 11) is -0.977. The first-order chi connectivity index (χ1) is 33.2. The zero-order chi connectivity index (χ0) is 49.1. The van der Waals surface area contributed by atoms with Crippen LogP contribution in [0.3, 0.4) is 0 Å². The molecule has 0 saturated heterocycles. The van der Waals surface area contributed by atoms with Gasteiger partial charge < -0.3 is 45.9 Å². The normalized spacial score (nSPS) is 12.0. The minimum absolute atomic E-state index is 0.0323. The minimum atomic E-state index is -4.17. The number of hydrogen-bond donors (Lipinski definition) is 6. The predicted octanol–water partition coefficient (Wildman–Crippen LogP) is 8.27. The number of primary amides is 1. The first-order valence-electron chi connectivity index (χ1n) is 22.9. The van der Waals surface area contributed by atoms with E-state index in [1.807, 2.05) is 24.3 Å². The number of pyridine rings is 2. The summed E-state index contributed by atoms with van der Waals surface area (Å²) < 4.78 is 39.8. The summed E-state index contributed by atoms with van der Waals surface area (Å²) >= 11 is 0. The second kappa shape index (κ2) is 22.8. The number of nitrogens with zero attached hydrogens (tertiary/aromatic N) is 2. The van der Waals surface area contributed by atoms with Crippen LogP contribution in [0.4, 0.5) is 17.1 Å². The number of aromatic amines is 1. The van der Waals surface area contributed by atoms with Crippen molar-refractivity contribution in [3.8, 4) is 11.5 Å². The monoisotopic (exact) mass is 954 g/mol. The molecule has 0 bridgehead atoms. The number of aromatic nitrogens is 2. The molecule has 0 aliphatic heterocycles. The summed E-state index contributed by atoms with van der Waals surface area (Å²) in [5.41, 5.74) is 10.4. The topological polar surface area (TPSA) is 226 Å². The Morgan fingerprint density at radius 1 is 0.855 bits per heavy atom. The van der Waals surface area contributed by atoms with Gasteiger partial charge in [-0.3, -0.25) is 19.4 Å². The minimum Gasteiger partial charge on any atom is -0.506 e. The Bertz CT molecular complexity index is 3120. The number of ether oxygens (including phenoxy) is 2. The predicted molar refractivity (Wildman–Crippen MR) is 269 cm³/mol. The number of carbonyl (C=O) groups is 2. The second-order valence-electron chi connectivity index (χ2n) is 17.0. The van der Waals surface area contributed by atoms with Gasteiger partial charge in [0.1, 0.15) is 11.5 Å². The molecule has 0 unspecified atom stereocenters. The van der Waals surface area contributed by atoms with E-state index in [0.29, 0.717) is 75.5 Å². The van der Waals surface area contributed by atoms with Gasteiger partial charge >= 0.3 is 0 Å². The summed E-state index contributed by atoms with van der Waals surface area (Å²) in [6, 6.07) is 29.9. The number of anilines is 3. The van der Waals surface area contributed by atoms with Crippen LogP contribution in [0, 0.1) is 6.92 Å². The molecule has 7 aromatic rings. The van der Waals surface area contributed by atoms with E-state index in [4.69, 9.17) is 15.2 Å². The molecule has 0 spiro atoms. The number of rotatable bonds is 23. The van der Waals surface area contributed by atoms with E-state index >= 15 is 0 Å². The van der Waals surface area contributed by atoms with Crippen LogP contribution in [-0.2, 0) is 21.0 Å². The van der Waals surface area contributed by atoms with Gasteiger partial charge in [0, 0.05) is 72.8 Å². The van der Waals surface area contributed by atoms with Crippen molar-refractivity contribution in [3.63, 3.8) is 0 Å². The number of hydrogen-bond acceptors (Lipinski definition) is 12. The number of aliphatic hydroxyl groups is 1. The number of amides is 2. The average Bonchev–Trinajstić information content (AvgIpc) is 3.35. The van der Waals surface area contributed by atoms with E-state index in [-0.39, 0.29) is 38.1 Å². The molecule has 2 amide bonds. The third kappa shape index (κ3) is 12.1. The van der Waals surface area contributed by atoms with Crippen LogP contribution < -0.4 is 31.6 Å². The number of sulfone groups is 1. The molecule has 16 heteroatoms. The molecular formula is C53H58N6O9S. The van der Waals surface area contributed by atoms with E-state index in [1.54, 1.807) is 62.5 Å². The van der Waals surface area contributed by atoms with Crippen molar-refractivity contribution in [2.75, 3.05) is 50.7 Å². The lowest BCUT2D eigenvalue weighted by molar-refractivity contribution is 0.0987. The Hall–Kier alpha value is -7.11. The molecular weight excluding hydrogens is 897 g/mol. The van der Waals surface area contributed by atoms with E-state index in [2.05, 4.69) is 20.6 Å². The SMILES string of the molecule is COc1cccc(Nc2c(C(N)=O)cnc3c(C)cc(S(=O)(=O)c4cccc(C(=O)N(C)c5ccc(CCCCOCCCCCCNC[C@H](O)c6ccc(O)c7[nH]c(=O)ccc67)cc5)c4)cc23)c1. The molecule has 2 heterocycles. The van der Waals surface area contributed by atoms with Crippen molar-refractivity contribution in [1.82, 2.24) is 15.3 Å². The number of fused-ring (bicyclic) bond motifs is 2. The number of phenols is 1. The van der Waals surface area contributed by atoms with Crippen LogP contribution in [0.1, 0.15) is 82.0 Å². The third-order valence-electron chi connectivity index (χ3n) is 12.1. The van der Waals surface area contributed by atoms with E-state index in [0.717, 1.165) is 57.1 Å². The molecule has 0 aliphatic carbocycles. The van der Waals surface area contributed by atoms with Crippen LogP contribution in [0.5, 0.6) is 11.5 Å². The molecule has 15 nitrogen and oxygen atoms in total. The highest BCUT2D eigenvalue weighted by molar-refractivity contribution is 7.91. The molecule has 5 aromatic carbocycles. The molecule has 360 valence electrons. The van der Waals surface area contributed by atoms with Gasteiger partial charge in [0.15, 0.2) is 0 Å². The van der Waals surface area contributed by atoms with Crippen molar-refractivity contribution in [1.29, 1.82) is 0 Å². The van der Waals surface area contributed by atoms with Gasteiger partial charge in [0.2, 0.25) is 15.4 Å². The molecule has 1 atom stereocenters. The highest BCUT2D eigenvalue weighted by Gasteiger charge is 2.24. The maximum Gasteiger partial charge on any atom is 0.258 e. The fourth-order valence-corrected chi connectivity index (χ4v) is 9.66. The van der Waals surface area contributed by atoms with Crippen LogP contribution in [0.25, 0.3) is 21.8 Å². The van der Waals surface area contributed by atoms with Crippen LogP contribution in [-0.4, -0.2) is 80.9 Å². The molecule has 7 rings (SSSR count). The Balaban J connectivity index is 0.850. The van der Waals surface area contributed by atoms with Crippen molar-refractivity contribution in [2.24, 2.45) is 5.73 Å². The molecule has 69 heavy (non-hydrogen) atoms. The van der Waals surface area contributed by atoms with Crippen molar-refractivity contribution in [3.05, 3.63) is 154 Å². The van der Waals surface area contributed by atoms with E-state index in [1.165, 1.54) is 54.6 Å². The number of carbonyl (C=O) groups excluding carboxylic acids is 2. The van der Waals surface area contributed by atoms with Gasteiger partial charge in [0.05, 0.1) is 45.3 Å². The highest BCUT2D eigenvalue weighted by Crippen LogP contribution is 2.35. The van der Waals surface area contributed by atoms with Crippen molar-refractivity contribution >= 4 is 60.5 Å². The quantitative estimate of drug-likeness (QED) is 0.0333. The number of unbranched alkanes of at least 4 members (excludes halogenated alkanes) is 4. The Labute approximate surface area is 401 Å². The first-order valence-corrected chi connectivity index (χ1v) is 24.4. The van der Waals surface area contributed by atoms with Crippen molar-refractivity contribution < 1.29 is 37.7 Å². The summed E-state index contributed by atoms with van der Waals surface area (Å²) in [6.07, 6.45) is 7.35. The number of nitrogens with two attached hydrogens (primary N) is 1. The maximum atomic E-state index is 14.3. The lowest BCUT2D eigenvalue weighted by atomic mass is 10.0. The van der Waals surface area contributed by atoms with Gasteiger partial charge in [-0.15, -0.1) is 0 Å². The van der Waals surface area contributed by atoms with Gasteiger partial charge in [-0.2, -0.15) is 0 Å². The van der Waals surface area contributed by atoms with Gasteiger partial charge in [-0.25, -0.2) is 8.42 Å². The molecule has 0 aliphatic rings. The number of phenolic OH excluding ortho intramolecular Hbond substituents is 1. The number of aryl methyl sites for hydroxylation is 2. The zero-order valence-electron chi connectivity index (χ0n) is 39.0. The van der Waals surface area contributed by atoms with Crippen LogP contribution in [0.15, 0.2) is 130 Å². The smallest absolute Gasteiger partial charge is 0.258 e. The van der Waals surface area contributed by atoms with Crippen LogP contribution >= 0.6 is 0 Å². The van der Waals surface area contributed by atoms with E-state index in [9.17, 15) is 33.0 Å². The number of methoxy groups -OCH3 is 1.